The molecule has 160 valence electrons. The number of nitrogens with zero attached hydrogens (tertiary/aromatic N) is 5. The number of anilines is 2. The predicted octanol–water partition coefficient (Wildman–Crippen LogP) is 2.76. The number of piperazine rings is 1. The van der Waals surface area contributed by atoms with Gasteiger partial charge < -0.3 is 19.4 Å². The first-order valence-corrected chi connectivity index (χ1v) is 11.0. The van der Waals surface area contributed by atoms with Crippen LogP contribution in [0.4, 0.5) is 11.6 Å². The van der Waals surface area contributed by atoms with Gasteiger partial charge >= 0.3 is 0 Å². The summed E-state index contributed by atoms with van der Waals surface area (Å²) in [7, 11) is 1.64. The molecule has 4 rings (SSSR count). The zero-order valence-electron chi connectivity index (χ0n) is 17.8. The highest BCUT2D eigenvalue weighted by molar-refractivity contribution is 5.79. The second-order valence-corrected chi connectivity index (χ2v) is 8.01. The van der Waals surface area contributed by atoms with Crippen LogP contribution in [0, 0.1) is 0 Å². The van der Waals surface area contributed by atoms with Gasteiger partial charge in [0.25, 0.3) is 0 Å². The fourth-order valence-corrected chi connectivity index (χ4v) is 4.26. The first kappa shape index (κ1) is 20.4. The van der Waals surface area contributed by atoms with Crippen LogP contribution in [0.5, 0.6) is 5.75 Å². The van der Waals surface area contributed by atoms with Crippen molar-refractivity contribution in [2.45, 2.75) is 32.1 Å². The van der Waals surface area contributed by atoms with Crippen LogP contribution >= 0.6 is 0 Å². The molecular weight excluding hydrogens is 378 g/mol. The monoisotopic (exact) mass is 409 g/mol. The fourth-order valence-electron chi connectivity index (χ4n) is 4.26. The Kier molecular flexibility index (Phi) is 6.67. The molecule has 2 aromatic rings. The number of ether oxygens (including phenoxy) is 1. The van der Waals surface area contributed by atoms with E-state index in [0.29, 0.717) is 19.5 Å². The summed E-state index contributed by atoms with van der Waals surface area (Å²) >= 11 is 0. The molecule has 0 atom stereocenters. The summed E-state index contributed by atoms with van der Waals surface area (Å²) in [5.41, 5.74) is 0.933. The first-order valence-electron chi connectivity index (χ1n) is 11.0. The normalized spacial score (nSPS) is 17.6. The van der Waals surface area contributed by atoms with Crippen LogP contribution in [0.1, 0.15) is 31.2 Å². The molecule has 1 amide bonds. The van der Waals surface area contributed by atoms with Crippen molar-refractivity contribution in [1.29, 1.82) is 0 Å². The summed E-state index contributed by atoms with van der Waals surface area (Å²) in [5.74, 6) is 2.78. The maximum atomic E-state index is 12.7. The third-order valence-electron chi connectivity index (χ3n) is 6.06. The molecule has 0 saturated carbocycles. The Morgan fingerprint density at radius 1 is 0.833 bits per heavy atom. The molecule has 7 heteroatoms. The van der Waals surface area contributed by atoms with Crippen molar-refractivity contribution in [3.63, 3.8) is 0 Å². The van der Waals surface area contributed by atoms with Gasteiger partial charge in [0.2, 0.25) is 5.91 Å². The summed E-state index contributed by atoms with van der Waals surface area (Å²) in [6.45, 7) is 5.08. The zero-order valence-corrected chi connectivity index (χ0v) is 17.8. The van der Waals surface area contributed by atoms with Gasteiger partial charge in [-0.3, -0.25) is 4.79 Å². The summed E-state index contributed by atoms with van der Waals surface area (Å²) in [5, 5.41) is 8.97. The van der Waals surface area contributed by atoms with Crippen LogP contribution in [-0.2, 0) is 11.2 Å². The van der Waals surface area contributed by atoms with Gasteiger partial charge in [-0.05, 0) is 31.0 Å². The number of benzene rings is 1. The van der Waals surface area contributed by atoms with Crippen molar-refractivity contribution in [1.82, 2.24) is 15.1 Å². The van der Waals surface area contributed by atoms with Gasteiger partial charge in [-0.25, -0.2) is 0 Å². The lowest BCUT2D eigenvalue weighted by molar-refractivity contribution is -0.130. The molecule has 3 heterocycles. The van der Waals surface area contributed by atoms with E-state index in [1.54, 1.807) is 7.11 Å². The van der Waals surface area contributed by atoms with Gasteiger partial charge in [0.1, 0.15) is 5.75 Å². The molecule has 7 nitrogen and oxygen atoms in total. The minimum atomic E-state index is 0.141. The van der Waals surface area contributed by atoms with Crippen molar-refractivity contribution in [3.05, 3.63) is 42.0 Å². The van der Waals surface area contributed by atoms with Gasteiger partial charge in [0.05, 0.1) is 13.5 Å². The maximum Gasteiger partial charge on any atom is 0.227 e. The maximum absolute atomic E-state index is 12.7. The summed E-state index contributed by atoms with van der Waals surface area (Å²) < 4.78 is 5.37. The second-order valence-electron chi connectivity index (χ2n) is 8.01. The third kappa shape index (κ3) is 4.83. The lowest BCUT2D eigenvalue weighted by atomic mass is 10.1. The Morgan fingerprint density at radius 2 is 1.43 bits per heavy atom. The van der Waals surface area contributed by atoms with Gasteiger partial charge in [-0.1, -0.05) is 31.0 Å². The van der Waals surface area contributed by atoms with Crippen molar-refractivity contribution in [2.75, 3.05) is 56.2 Å². The van der Waals surface area contributed by atoms with Crippen molar-refractivity contribution in [2.24, 2.45) is 0 Å². The van der Waals surface area contributed by atoms with E-state index in [9.17, 15) is 4.79 Å². The molecule has 0 N–H and O–H groups in total. The lowest BCUT2D eigenvalue weighted by Gasteiger charge is -2.35. The van der Waals surface area contributed by atoms with Gasteiger partial charge in [0.15, 0.2) is 11.6 Å². The number of para-hydroxylation sites is 1. The Morgan fingerprint density at radius 3 is 2.03 bits per heavy atom. The van der Waals surface area contributed by atoms with Crippen molar-refractivity contribution in [3.8, 4) is 5.75 Å². The largest absolute Gasteiger partial charge is 0.496 e. The number of carbonyl (C=O) groups excluding carboxylic acids is 1. The fraction of sp³-hybridized carbons (Fsp3) is 0.522. The second kappa shape index (κ2) is 9.78. The average Bonchev–Trinajstić information content (AvgIpc) is 3.09. The summed E-state index contributed by atoms with van der Waals surface area (Å²) in [6.07, 6.45) is 5.45. The number of methoxy groups -OCH3 is 1. The van der Waals surface area contributed by atoms with Crippen molar-refractivity contribution >= 4 is 17.5 Å². The molecule has 0 spiro atoms. The molecule has 0 unspecified atom stereocenters. The molecule has 1 aromatic heterocycles. The van der Waals surface area contributed by atoms with E-state index >= 15 is 0 Å². The Bertz CT molecular complexity index is 826. The standard InChI is InChI=1S/C23H31N5O2/c1-30-20-9-5-4-8-19(20)18-23(29)28-16-14-27(15-17-28)22-11-10-21(24-25-22)26-12-6-2-3-7-13-26/h4-5,8-11H,2-3,6-7,12-18H2,1H3. The van der Waals surface area contributed by atoms with Crippen LogP contribution in [0.15, 0.2) is 36.4 Å². The Hall–Kier alpha value is -2.83. The van der Waals surface area contributed by atoms with Crippen LogP contribution in [-0.4, -0.2) is 67.4 Å². The molecule has 0 aliphatic carbocycles. The lowest BCUT2D eigenvalue weighted by Crippen LogP contribution is -2.49. The van der Waals surface area contributed by atoms with Crippen LogP contribution < -0.4 is 14.5 Å². The molecule has 0 radical (unpaired) electrons. The van der Waals surface area contributed by atoms with E-state index in [4.69, 9.17) is 4.74 Å². The van der Waals surface area contributed by atoms with E-state index in [2.05, 4.69) is 32.1 Å². The molecule has 2 aliphatic heterocycles. The molecule has 0 bridgehead atoms. The number of hydrogen-bond acceptors (Lipinski definition) is 6. The van der Waals surface area contributed by atoms with E-state index in [0.717, 1.165) is 49.1 Å². The molecule has 30 heavy (non-hydrogen) atoms. The number of hydrogen-bond donors (Lipinski definition) is 0. The molecule has 1 aromatic carbocycles. The summed E-state index contributed by atoms with van der Waals surface area (Å²) in [4.78, 5) is 19.2. The van der Waals surface area contributed by atoms with Crippen LogP contribution in [0.3, 0.4) is 0 Å². The topological polar surface area (TPSA) is 61.8 Å². The smallest absolute Gasteiger partial charge is 0.227 e. The molecule has 2 saturated heterocycles. The van der Waals surface area contributed by atoms with Gasteiger partial charge in [0, 0.05) is 44.8 Å². The van der Waals surface area contributed by atoms with E-state index in [1.807, 2.05) is 29.2 Å². The van der Waals surface area contributed by atoms with Gasteiger partial charge in [-0.15, -0.1) is 10.2 Å². The highest BCUT2D eigenvalue weighted by Gasteiger charge is 2.23. The minimum absolute atomic E-state index is 0.141. The van der Waals surface area contributed by atoms with Crippen molar-refractivity contribution < 1.29 is 9.53 Å². The Balaban J connectivity index is 1.31. The third-order valence-corrected chi connectivity index (χ3v) is 6.06. The molecule has 2 aliphatic rings. The SMILES string of the molecule is COc1ccccc1CC(=O)N1CCN(c2ccc(N3CCCCCC3)nn2)CC1. The van der Waals surface area contributed by atoms with E-state index in [-0.39, 0.29) is 5.91 Å². The molecular formula is C23H31N5O2. The summed E-state index contributed by atoms with van der Waals surface area (Å²) in [6, 6.07) is 11.9. The van der Waals surface area contributed by atoms with Gasteiger partial charge in [-0.2, -0.15) is 0 Å². The zero-order chi connectivity index (χ0) is 20.8. The average molecular weight is 410 g/mol. The first-order chi connectivity index (χ1) is 14.7. The highest BCUT2D eigenvalue weighted by Crippen LogP contribution is 2.21. The van der Waals surface area contributed by atoms with E-state index in [1.165, 1.54) is 25.7 Å². The number of aromatic nitrogens is 2. The van der Waals surface area contributed by atoms with E-state index < -0.39 is 0 Å². The number of amides is 1. The quantitative estimate of drug-likeness (QED) is 0.757. The minimum Gasteiger partial charge on any atom is -0.496 e. The predicted molar refractivity (Wildman–Crippen MR) is 118 cm³/mol. The molecule has 2 fully saturated rings. The number of carbonyl (C=O) groups is 1. The Labute approximate surface area is 178 Å². The van der Waals surface area contributed by atoms with Crippen LogP contribution in [0.25, 0.3) is 0 Å². The van der Waals surface area contributed by atoms with Crippen LogP contribution in [0.2, 0.25) is 0 Å². The highest BCUT2D eigenvalue weighted by atomic mass is 16.5. The number of rotatable bonds is 5.